The number of nitrogen functional groups attached to an aromatic ring is 1. The summed E-state index contributed by atoms with van der Waals surface area (Å²) in [5.41, 5.74) is 10.0. The molecule has 20 heavy (non-hydrogen) atoms. The maximum absolute atomic E-state index is 6.10. The van der Waals surface area contributed by atoms with Crippen LogP contribution in [0.5, 0.6) is 0 Å². The van der Waals surface area contributed by atoms with Crippen LogP contribution in [0, 0.1) is 20.8 Å². The summed E-state index contributed by atoms with van der Waals surface area (Å²) in [5, 5.41) is 1.60. The summed E-state index contributed by atoms with van der Waals surface area (Å²) in [4.78, 5) is 8.81. The molecule has 4 nitrogen and oxygen atoms in total. The fourth-order valence-electron chi connectivity index (χ4n) is 2.54. The largest absolute Gasteiger partial charge is 0.383 e. The zero-order chi connectivity index (χ0) is 14.4. The normalized spacial score (nSPS) is 11.2. The van der Waals surface area contributed by atoms with Crippen LogP contribution in [-0.4, -0.2) is 14.5 Å². The molecule has 0 spiro atoms. The Morgan fingerprint density at radius 3 is 2.60 bits per heavy atom. The molecule has 0 saturated carbocycles. The Kier molecular flexibility index (Phi) is 2.91. The number of benzene rings is 1. The van der Waals surface area contributed by atoms with Gasteiger partial charge in [-0.3, -0.25) is 4.57 Å². The molecule has 0 atom stereocenters. The highest BCUT2D eigenvalue weighted by atomic mass is 35.5. The zero-order valence-corrected chi connectivity index (χ0v) is 12.4. The number of aromatic nitrogens is 3. The Labute approximate surface area is 122 Å². The van der Waals surface area contributed by atoms with Crippen LogP contribution in [0.2, 0.25) is 5.02 Å². The lowest BCUT2D eigenvalue weighted by atomic mass is 10.2. The molecule has 1 aromatic carbocycles. The van der Waals surface area contributed by atoms with E-state index in [1.54, 1.807) is 0 Å². The number of hydrogen-bond acceptors (Lipinski definition) is 3. The van der Waals surface area contributed by atoms with Crippen LogP contribution in [0.25, 0.3) is 16.7 Å². The third kappa shape index (κ3) is 1.84. The van der Waals surface area contributed by atoms with E-state index < -0.39 is 0 Å². The van der Waals surface area contributed by atoms with E-state index in [1.807, 2.05) is 45.0 Å². The third-order valence-corrected chi connectivity index (χ3v) is 3.80. The molecule has 2 N–H and O–H groups in total. The molecular formula is C15H15ClN4. The molecule has 0 aliphatic heterocycles. The standard InChI is InChI=1S/C15H15ClN4/c1-8-9(2)20(12-6-4-5-11(16)7-12)15-13(8)14(17)18-10(3)19-15/h4-7H,1-3H3,(H2,17,18,19). The average molecular weight is 287 g/mol. The van der Waals surface area contributed by atoms with E-state index in [2.05, 4.69) is 14.5 Å². The first-order valence-corrected chi connectivity index (χ1v) is 6.74. The van der Waals surface area contributed by atoms with Crippen LogP contribution in [0.4, 0.5) is 5.82 Å². The van der Waals surface area contributed by atoms with E-state index in [0.29, 0.717) is 16.7 Å². The van der Waals surface area contributed by atoms with Crippen molar-refractivity contribution in [2.24, 2.45) is 0 Å². The van der Waals surface area contributed by atoms with Gasteiger partial charge in [0, 0.05) is 16.4 Å². The minimum absolute atomic E-state index is 0.522. The second-order valence-electron chi connectivity index (χ2n) is 4.88. The second-order valence-corrected chi connectivity index (χ2v) is 5.32. The summed E-state index contributed by atoms with van der Waals surface area (Å²) < 4.78 is 2.07. The minimum atomic E-state index is 0.522. The summed E-state index contributed by atoms with van der Waals surface area (Å²) in [6, 6.07) is 7.70. The topological polar surface area (TPSA) is 56.7 Å². The molecule has 102 valence electrons. The molecule has 0 amide bonds. The molecule has 0 saturated heterocycles. The Morgan fingerprint density at radius 2 is 1.90 bits per heavy atom. The lowest BCUT2D eigenvalue weighted by Gasteiger charge is -2.08. The van der Waals surface area contributed by atoms with Gasteiger partial charge in [0.2, 0.25) is 0 Å². The van der Waals surface area contributed by atoms with E-state index in [1.165, 1.54) is 0 Å². The average Bonchev–Trinajstić information content (AvgIpc) is 2.61. The Bertz CT molecular complexity index is 820. The number of aryl methyl sites for hydroxylation is 2. The van der Waals surface area contributed by atoms with E-state index in [0.717, 1.165) is 28.0 Å². The van der Waals surface area contributed by atoms with Gasteiger partial charge in [0.05, 0.1) is 5.39 Å². The molecule has 2 heterocycles. The molecular weight excluding hydrogens is 272 g/mol. The lowest BCUT2D eigenvalue weighted by molar-refractivity contribution is 0.996. The quantitative estimate of drug-likeness (QED) is 0.744. The predicted octanol–water partition coefficient (Wildman–Crippen LogP) is 3.58. The van der Waals surface area contributed by atoms with Gasteiger partial charge in [0.25, 0.3) is 0 Å². The number of halogens is 1. The van der Waals surface area contributed by atoms with Crippen molar-refractivity contribution in [1.29, 1.82) is 0 Å². The third-order valence-electron chi connectivity index (χ3n) is 3.56. The second kappa shape index (κ2) is 4.49. The van der Waals surface area contributed by atoms with E-state index in [-0.39, 0.29) is 0 Å². The van der Waals surface area contributed by atoms with E-state index in [9.17, 15) is 0 Å². The van der Waals surface area contributed by atoms with Crippen LogP contribution in [0.15, 0.2) is 24.3 Å². The van der Waals surface area contributed by atoms with Crippen molar-refractivity contribution in [2.75, 3.05) is 5.73 Å². The van der Waals surface area contributed by atoms with Gasteiger partial charge < -0.3 is 5.73 Å². The molecule has 5 heteroatoms. The van der Waals surface area contributed by atoms with Crippen molar-refractivity contribution in [3.05, 3.63) is 46.4 Å². The van der Waals surface area contributed by atoms with Gasteiger partial charge in [-0.1, -0.05) is 17.7 Å². The highest BCUT2D eigenvalue weighted by Crippen LogP contribution is 2.31. The summed E-state index contributed by atoms with van der Waals surface area (Å²) >= 11 is 6.10. The smallest absolute Gasteiger partial charge is 0.150 e. The maximum atomic E-state index is 6.10. The highest BCUT2D eigenvalue weighted by molar-refractivity contribution is 6.30. The minimum Gasteiger partial charge on any atom is -0.383 e. The summed E-state index contributed by atoms with van der Waals surface area (Å²) in [6.45, 7) is 5.93. The van der Waals surface area contributed by atoms with Gasteiger partial charge in [0.1, 0.15) is 11.6 Å². The zero-order valence-electron chi connectivity index (χ0n) is 11.6. The fraction of sp³-hybridized carbons (Fsp3) is 0.200. The maximum Gasteiger partial charge on any atom is 0.150 e. The molecule has 0 aliphatic carbocycles. The van der Waals surface area contributed by atoms with Crippen LogP contribution >= 0.6 is 11.6 Å². The van der Waals surface area contributed by atoms with Gasteiger partial charge in [0.15, 0.2) is 5.65 Å². The van der Waals surface area contributed by atoms with Crippen molar-refractivity contribution >= 4 is 28.5 Å². The van der Waals surface area contributed by atoms with Crippen molar-refractivity contribution in [3.63, 3.8) is 0 Å². The monoisotopic (exact) mass is 286 g/mol. The van der Waals surface area contributed by atoms with E-state index >= 15 is 0 Å². The number of fused-ring (bicyclic) bond motifs is 1. The molecule has 0 radical (unpaired) electrons. The number of nitrogens with zero attached hydrogens (tertiary/aromatic N) is 3. The lowest BCUT2D eigenvalue weighted by Crippen LogP contribution is -2.01. The Balaban J connectivity index is 2.44. The van der Waals surface area contributed by atoms with Crippen molar-refractivity contribution in [3.8, 4) is 5.69 Å². The number of rotatable bonds is 1. The first-order chi connectivity index (χ1) is 9.49. The molecule has 0 bridgehead atoms. The number of hydrogen-bond donors (Lipinski definition) is 1. The SMILES string of the molecule is Cc1nc(N)c2c(C)c(C)n(-c3cccc(Cl)c3)c2n1. The van der Waals surface area contributed by atoms with Crippen molar-refractivity contribution < 1.29 is 0 Å². The predicted molar refractivity (Wildman–Crippen MR) is 82.5 cm³/mol. The van der Waals surface area contributed by atoms with Crippen LogP contribution < -0.4 is 5.73 Å². The Morgan fingerprint density at radius 1 is 1.15 bits per heavy atom. The molecule has 0 aliphatic rings. The molecule has 0 unspecified atom stereocenters. The Hall–Kier alpha value is -2.07. The molecule has 2 aromatic heterocycles. The van der Waals surface area contributed by atoms with Crippen LogP contribution in [0.1, 0.15) is 17.1 Å². The number of nitrogens with two attached hydrogens (primary N) is 1. The first kappa shape index (κ1) is 12.9. The van der Waals surface area contributed by atoms with Gasteiger partial charge in [-0.2, -0.15) is 0 Å². The van der Waals surface area contributed by atoms with Gasteiger partial charge >= 0.3 is 0 Å². The number of anilines is 1. The molecule has 3 aromatic rings. The molecule has 0 fully saturated rings. The summed E-state index contributed by atoms with van der Waals surface area (Å²) in [7, 11) is 0. The van der Waals surface area contributed by atoms with Gasteiger partial charge in [-0.15, -0.1) is 0 Å². The van der Waals surface area contributed by atoms with Gasteiger partial charge in [-0.25, -0.2) is 9.97 Å². The van der Waals surface area contributed by atoms with Gasteiger partial charge in [-0.05, 0) is 44.5 Å². The highest BCUT2D eigenvalue weighted by Gasteiger charge is 2.17. The van der Waals surface area contributed by atoms with E-state index in [4.69, 9.17) is 17.3 Å². The van der Waals surface area contributed by atoms with Crippen molar-refractivity contribution in [1.82, 2.24) is 14.5 Å². The fourth-order valence-corrected chi connectivity index (χ4v) is 2.72. The van der Waals surface area contributed by atoms with Crippen molar-refractivity contribution in [2.45, 2.75) is 20.8 Å². The van der Waals surface area contributed by atoms with Crippen LogP contribution in [-0.2, 0) is 0 Å². The first-order valence-electron chi connectivity index (χ1n) is 6.36. The van der Waals surface area contributed by atoms with Crippen LogP contribution in [0.3, 0.4) is 0 Å². The summed E-state index contributed by atoms with van der Waals surface area (Å²) in [5.74, 6) is 1.18. The molecule has 3 rings (SSSR count). The summed E-state index contributed by atoms with van der Waals surface area (Å²) in [6.07, 6.45) is 0.